The van der Waals surface area contributed by atoms with Crippen molar-refractivity contribution in [3.05, 3.63) is 34.2 Å². The Morgan fingerprint density at radius 3 is 2.83 bits per heavy atom. The molecule has 2 aliphatic heterocycles. The summed E-state index contributed by atoms with van der Waals surface area (Å²) in [5.41, 5.74) is 3.31. The van der Waals surface area contributed by atoms with Crippen LogP contribution in [0.4, 0.5) is 0 Å². The second-order valence-corrected chi connectivity index (χ2v) is 10.9. The lowest BCUT2D eigenvalue weighted by molar-refractivity contribution is -0.140. The van der Waals surface area contributed by atoms with Gasteiger partial charge in [0.2, 0.25) is 11.8 Å². The summed E-state index contributed by atoms with van der Waals surface area (Å²) in [6.45, 7) is 7.82. The van der Waals surface area contributed by atoms with Crippen LogP contribution in [-0.4, -0.2) is 52.7 Å². The van der Waals surface area contributed by atoms with Crippen LogP contribution in [0.3, 0.4) is 0 Å². The normalized spacial score (nSPS) is 20.5. The Bertz CT molecular complexity index is 1230. The predicted molar refractivity (Wildman–Crippen MR) is 138 cm³/mol. The number of ether oxygens (including phenoxy) is 1. The third-order valence-corrected chi connectivity index (χ3v) is 8.59. The van der Waals surface area contributed by atoms with Crippen LogP contribution in [-0.2, 0) is 14.3 Å². The van der Waals surface area contributed by atoms with E-state index in [0.29, 0.717) is 19.8 Å². The summed E-state index contributed by atoms with van der Waals surface area (Å²) in [6, 6.07) is 5.36. The highest BCUT2D eigenvalue weighted by atomic mass is 32.1. The Labute approximate surface area is 215 Å². The number of para-hydroxylation sites is 1. The van der Waals surface area contributed by atoms with E-state index in [1.807, 2.05) is 49.3 Å². The minimum atomic E-state index is -0.530. The molecule has 2 amide bonds. The van der Waals surface area contributed by atoms with Crippen LogP contribution < -0.4 is 5.32 Å². The van der Waals surface area contributed by atoms with Crippen molar-refractivity contribution in [1.82, 2.24) is 20.4 Å². The maximum atomic E-state index is 13.9. The number of benzene rings is 1. The molecule has 0 spiro atoms. The zero-order chi connectivity index (χ0) is 25.2. The average molecular weight is 511 g/mol. The molecule has 2 aliphatic rings. The molecule has 2 fully saturated rings. The fourth-order valence-electron chi connectivity index (χ4n) is 5.21. The summed E-state index contributed by atoms with van der Waals surface area (Å²) < 4.78 is 11.1. The number of hydrogen-bond donors (Lipinski definition) is 1. The Morgan fingerprint density at radius 1 is 1.25 bits per heavy atom. The van der Waals surface area contributed by atoms with Crippen molar-refractivity contribution in [3.63, 3.8) is 0 Å². The second-order valence-electron chi connectivity index (χ2n) is 9.99. The first-order chi connectivity index (χ1) is 17.5. The van der Waals surface area contributed by atoms with Gasteiger partial charge in [-0.25, -0.2) is 4.98 Å². The van der Waals surface area contributed by atoms with E-state index >= 15 is 0 Å². The molecule has 2 saturated heterocycles. The van der Waals surface area contributed by atoms with Crippen molar-refractivity contribution >= 4 is 34.1 Å². The van der Waals surface area contributed by atoms with Crippen LogP contribution in [0.1, 0.15) is 62.6 Å². The van der Waals surface area contributed by atoms with Gasteiger partial charge in [0.15, 0.2) is 5.58 Å². The molecule has 1 aromatic carbocycles. The first kappa shape index (κ1) is 24.9. The largest absolute Gasteiger partial charge is 0.381 e. The van der Waals surface area contributed by atoms with Gasteiger partial charge in [-0.05, 0) is 56.6 Å². The number of nitrogens with one attached hydrogen (secondary N) is 1. The van der Waals surface area contributed by atoms with Crippen LogP contribution in [0.15, 0.2) is 28.1 Å². The Morgan fingerprint density at radius 2 is 2.06 bits per heavy atom. The molecule has 3 atom stereocenters. The summed E-state index contributed by atoms with van der Waals surface area (Å²) >= 11 is 1.55. The van der Waals surface area contributed by atoms with Crippen LogP contribution in [0.25, 0.3) is 22.4 Å². The van der Waals surface area contributed by atoms with Crippen LogP contribution in [0, 0.1) is 18.8 Å². The number of thiazole rings is 1. The van der Waals surface area contributed by atoms with Gasteiger partial charge in [-0.2, -0.15) is 0 Å². The molecule has 3 aromatic rings. The molecular formula is C27H34N4O4S. The first-order valence-corrected chi connectivity index (χ1v) is 13.8. The number of carbonyl (C=O) groups excluding carboxylic acids is 2. The molecule has 0 saturated carbocycles. The lowest BCUT2D eigenvalue weighted by atomic mass is 9.90. The molecule has 2 aromatic heterocycles. The van der Waals surface area contributed by atoms with Gasteiger partial charge >= 0.3 is 0 Å². The monoisotopic (exact) mass is 510 g/mol. The van der Waals surface area contributed by atoms with Crippen LogP contribution in [0.2, 0.25) is 0 Å². The van der Waals surface area contributed by atoms with Crippen LogP contribution >= 0.6 is 11.3 Å². The van der Waals surface area contributed by atoms with Gasteiger partial charge in [0.1, 0.15) is 22.4 Å². The van der Waals surface area contributed by atoms with Crippen molar-refractivity contribution in [2.24, 2.45) is 11.8 Å². The summed E-state index contributed by atoms with van der Waals surface area (Å²) in [5.74, 6) is -0.0998. The SMILES string of the molecule is CC[C@@H](C)C(=O)N[C@H](C(=O)N1CCC[C@H]1c1nc(-c2noc3c(C)cccc23)cs1)C1CCOCC1. The van der Waals surface area contributed by atoms with Gasteiger partial charge < -0.3 is 19.5 Å². The summed E-state index contributed by atoms with van der Waals surface area (Å²) in [4.78, 5) is 33.6. The fourth-order valence-corrected chi connectivity index (χ4v) is 6.16. The molecule has 8 nitrogen and oxygen atoms in total. The van der Waals surface area contributed by atoms with E-state index in [1.165, 1.54) is 0 Å². The second kappa shape index (κ2) is 10.7. The number of amides is 2. The summed E-state index contributed by atoms with van der Waals surface area (Å²) in [7, 11) is 0. The summed E-state index contributed by atoms with van der Waals surface area (Å²) in [6.07, 6.45) is 4.06. The zero-order valence-electron chi connectivity index (χ0n) is 21.2. The number of aromatic nitrogens is 2. The molecular weight excluding hydrogens is 476 g/mol. The Balaban J connectivity index is 1.39. The van der Waals surface area contributed by atoms with Gasteiger partial charge in [-0.15, -0.1) is 11.3 Å². The summed E-state index contributed by atoms with van der Waals surface area (Å²) in [5, 5.41) is 11.3. The van der Waals surface area contributed by atoms with Crippen molar-refractivity contribution in [2.75, 3.05) is 19.8 Å². The molecule has 0 aliphatic carbocycles. The van der Waals surface area contributed by atoms with E-state index in [-0.39, 0.29) is 29.7 Å². The maximum absolute atomic E-state index is 13.9. The standard InChI is InChI=1S/C27H34N4O4S/c1-4-16(2)25(32)29-22(18-10-13-34-14-11-18)27(33)31-12-6-9-21(31)26-28-20(15-36-26)23-19-8-5-7-17(3)24(19)35-30-23/h5,7-8,15-16,18,21-22H,4,6,9-14H2,1-3H3,(H,29,32)/t16-,21+,22+/m1/s1. The van der Waals surface area contributed by atoms with E-state index in [2.05, 4.69) is 10.5 Å². The Kier molecular flexibility index (Phi) is 7.39. The van der Waals surface area contributed by atoms with E-state index in [4.69, 9.17) is 14.2 Å². The quantitative estimate of drug-likeness (QED) is 0.487. The fraction of sp³-hybridized carbons (Fsp3) is 0.556. The molecule has 9 heteroatoms. The zero-order valence-corrected chi connectivity index (χ0v) is 22.0. The third kappa shape index (κ3) is 4.78. The highest BCUT2D eigenvalue weighted by molar-refractivity contribution is 7.10. The number of aryl methyl sites for hydroxylation is 1. The number of rotatable bonds is 7. The van der Waals surface area contributed by atoms with Crippen molar-refractivity contribution in [2.45, 2.75) is 65.0 Å². The minimum Gasteiger partial charge on any atom is -0.381 e. The average Bonchev–Trinajstić information content (AvgIpc) is 3.66. The number of fused-ring (bicyclic) bond motifs is 1. The van der Waals surface area contributed by atoms with Crippen molar-refractivity contribution < 1.29 is 18.8 Å². The van der Waals surface area contributed by atoms with E-state index in [1.54, 1.807) is 11.3 Å². The third-order valence-electron chi connectivity index (χ3n) is 7.64. The molecule has 0 radical (unpaired) electrons. The highest BCUT2D eigenvalue weighted by Gasteiger charge is 2.40. The molecule has 192 valence electrons. The van der Waals surface area contributed by atoms with Gasteiger partial charge in [0, 0.05) is 31.1 Å². The number of hydrogen-bond acceptors (Lipinski definition) is 7. The molecule has 0 bridgehead atoms. The molecule has 1 N–H and O–H groups in total. The van der Waals surface area contributed by atoms with Gasteiger partial charge in [-0.3, -0.25) is 9.59 Å². The molecule has 36 heavy (non-hydrogen) atoms. The predicted octanol–water partition coefficient (Wildman–Crippen LogP) is 4.88. The smallest absolute Gasteiger partial charge is 0.246 e. The molecule has 0 unspecified atom stereocenters. The topological polar surface area (TPSA) is 97.6 Å². The van der Waals surface area contributed by atoms with Gasteiger partial charge in [0.25, 0.3) is 0 Å². The van der Waals surface area contributed by atoms with E-state index in [9.17, 15) is 9.59 Å². The highest BCUT2D eigenvalue weighted by Crippen LogP contribution is 2.38. The first-order valence-electron chi connectivity index (χ1n) is 13.0. The number of carbonyl (C=O) groups is 2. The minimum absolute atomic E-state index is 0.000291. The molecule has 5 rings (SSSR count). The lowest BCUT2D eigenvalue weighted by Crippen LogP contribution is -2.54. The van der Waals surface area contributed by atoms with Crippen molar-refractivity contribution in [3.8, 4) is 11.4 Å². The number of likely N-dealkylation sites (tertiary alicyclic amines) is 1. The lowest BCUT2D eigenvalue weighted by Gasteiger charge is -2.35. The molecule has 4 heterocycles. The van der Waals surface area contributed by atoms with E-state index < -0.39 is 6.04 Å². The maximum Gasteiger partial charge on any atom is 0.246 e. The van der Waals surface area contributed by atoms with Gasteiger partial charge in [-0.1, -0.05) is 31.1 Å². The van der Waals surface area contributed by atoms with Crippen LogP contribution in [0.5, 0.6) is 0 Å². The Hall–Kier alpha value is -2.78. The number of nitrogens with zero attached hydrogens (tertiary/aromatic N) is 3. The van der Waals surface area contributed by atoms with E-state index in [0.717, 1.165) is 65.0 Å². The van der Waals surface area contributed by atoms with Gasteiger partial charge in [0.05, 0.1) is 11.4 Å². The van der Waals surface area contributed by atoms with Crippen molar-refractivity contribution in [1.29, 1.82) is 0 Å².